The van der Waals surface area contributed by atoms with Gasteiger partial charge in [0, 0.05) is 5.39 Å². The molecule has 88 valence electrons. The second-order valence-corrected chi connectivity index (χ2v) is 3.55. The first-order chi connectivity index (χ1) is 8.13. The zero-order chi connectivity index (χ0) is 12.4. The van der Waals surface area contributed by atoms with E-state index in [1.54, 1.807) is 13.0 Å². The van der Waals surface area contributed by atoms with Crippen molar-refractivity contribution in [3.8, 4) is 5.75 Å². The van der Waals surface area contributed by atoms with E-state index in [-0.39, 0.29) is 23.7 Å². The van der Waals surface area contributed by atoms with Crippen LogP contribution in [0, 0.1) is 5.82 Å². The number of rotatable bonds is 2. The molecule has 17 heavy (non-hydrogen) atoms. The monoisotopic (exact) mass is 234 g/mol. The average molecular weight is 234 g/mol. The summed E-state index contributed by atoms with van der Waals surface area (Å²) in [5, 5.41) is 10.9. The highest BCUT2D eigenvalue weighted by molar-refractivity contribution is 6.01. The molecule has 0 spiro atoms. The highest BCUT2D eigenvalue weighted by Gasteiger charge is 2.14. The molecular formula is C13H11FO3. The number of phenols is 1. The quantitative estimate of drug-likeness (QED) is 0.813. The lowest BCUT2D eigenvalue weighted by Gasteiger charge is -2.07. The number of hydrogen-bond acceptors (Lipinski definition) is 3. The lowest BCUT2D eigenvalue weighted by Crippen LogP contribution is -2.04. The third-order valence-corrected chi connectivity index (χ3v) is 2.45. The maximum Gasteiger partial charge on any atom is 0.341 e. The van der Waals surface area contributed by atoms with Gasteiger partial charge in [-0.1, -0.05) is 6.07 Å². The van der Waals surface area contributed by atoms with Gasteiger partial charge in [0.05, 0.1) is 6.61 Å². The molecule has 0 amide bonds. The number of hydrogen-bond donors (Lipinski definition) is 1. The lowest BCUT2D eigenvalue weighted by molar-refractivity contribution is 0.0523. The van der Waals surface area contributed by atoms with E-state index in [2.05, 4.69) is 0 Å². The topological polar surface area (TPSA) is 46.5 Å². The molecule has 3 nitrogen and oxygen atoms in total. The van der Waals surface area contributed by atoms with E-state index < -0.39 is 5.97 Å². The van der Waals surface area contributed by atoms with Gasteiger partial charge in [-0.15, -0.1) is 0 Å². The first-order valence-corrected chi connectivity index (χ1v) is 5.22. The Labute approximate surface area is 97.4 Å². The fourth-order valence-corrected chi connectivity index (χ4v) is 1.66. The summed E-state index contributed by atoms with van der Waals surface area (Å²) < 4.78 is 17.8. The lowest BCUT2D eigenvalue weighted by atomic mass is 10.1. The van der Waals surface area contributed by atoms with Gasteiger partial charge in [-0.2, -0.15) is 0 Å². The van der Waals surface area contributed by atoms with E-state index in [9.17, 15) is 14.3 Å². The standard InChI is InChI=1S/C13H11FO3/c1-2-17-13(16)11-5-3-8-7-9(14)4-6-10(8)12(11)15/h3-7,15H,2H2,1H3. The molecule has 0 saturated heterocycles. The Bertz CT molecular complexity index is 578. The Balaban J connectivity index is 2.58. The second kappa shape index (κ2) is 4.41. The van der Waals surface area contributed by atoms with Crippen molar-refractivity contribution in [1.82, 2.24) is 0 Å². The normalized spacial score (nSPS) is 10.5. The van der Waals surface area contributed by atoms with Gasteiger partial charge >= 0.3 is 5.97 Å². The van der Waals surface area contributed by atoms with E-state index in [4.69, 9.17) is 4.74 Å². The first kappa shape index (κ1) is 11.4. The van der Waals surface area contributed by atoms with Crippen molar-refractivity contribution in [2.45, 2.75) is 6.92 Å². The molecule has 1 N–H and O–H groups in total. The Morgan fingerprint density at radius 2 is 2.12 bits per heavy atom. The van der Waals surface area contributed by atoms with E-state index in [1.807, 2.05) is 0 Å². The molecule has 0 radical (unpaired) electrons. The number of ether oxygens (including phenoxy) is 1. The Kier molecular flexibility index (Phi) is 2.95. The molecule has 0 heterocycles. The largest absolute Gasteiger partial charge is 0.506 e. The van der Waals surface area contributed by atoms with Gasteiger partial charge in [-0.05, 0) is 36.6 Å². The molecule has 4 heteroatoms. The van der Waals surface area contributed by atoms with Crippen LogP contribution >= 0.6 is 0 Å². The first-order valence-electron chi connectivity index (χ1n) is 5.22. The van der Waals surface area contributed by atoms with Crippen molar-refractivity contribution < 1.29 is 19.0 Å². The number of phenolic OH excluding ortho intramolecular Hbond substituents is 1. The molecule has 0 aliphatic heterocycles. The van der Waals surface area contributed by atoms with Crippen LogP contribution in [0.4, 0.5) is 4.39 Å². The van der Waals surface area contributed by atoms with Crippen LogP contribution in [0.2, 0.25) is 0 Å². The van der Waals surface area contributed by atoms with Crippen molar-refractivity contribution in [3.05, 3.63) is 41.7 Å². The van der Waals surface area contributed by atoms with Crippen LogP contribution in [0.15, 0.2) is 30.3 Å². The van der Waals surface area contributed by atoms with Gasteiger partial charge in [-0.25, -0.2) is 9.18 Å². The SMILES string of the molecule is CCOC(=O)c1ccc2cc(F)ccc2c1O. The highest BCUT2D eigenvalue weighted by Crippen LogP contribution is 2.29. The fourth-order valence-electron chi connectivity index (χ4n) is 1.66. The number of benzene rings is 2. The van der Waals surface area contributed by atoms with E-state index in [0.717, 1.165) is 0 Å². The van der Waals surface area contributed by atoms with Gasteiger partial charge in [0.25, 0.3) is 0 Å². The molecule has 0 atom stereocenters. The maximum atomic E-state index is 13.0. The summed E-state index contributed by atoms with van der Waals surface area (Å²) in [6, 6.07) is 6.96. The van der Waals surface area contributed by atoms with E-state index in [1.165, 1.54) is 24.3 Å². The average Bonchev–Trinajstić information content (AvgIpc) is 2.29. The summed E-state index contributed by atoms with van der Waals surface area (Å²) in [7, 11) is 0. The highest BCUT2D eigenvalue weighted by atomic mass is 19.1. The van der Waals surface area contributed by atoms with Crippen LogP contribution in [0.1, 0.15) is 17.3 Å². The van der Waals surface area contributed by atoms with Crippen molar-refractivity contribution in [2.75, 3.05) is 6.61 Å². The van der Waals surface area contributed by atoms with Gasteiger partial charge in [-0.3, -0.25) is 0 Å². The number of halogens is 1. The number of aromatic hydroxyl groups is 1. The van der Waals surface area contributed by atoms with Gasteiger partial charge in [0.15, 0.2) is 0 Å². The molecule has 0 aliphatic rings. The number of carbonyl (C=O) groups excluding carboxylic acids is 1. The molecule has 0 unspecified atom stereocenters. The van der Waals surface area contributed by atoms with Crippen LogP contribution < -0.4 is 0 Å². The second-order valence-electron chi connectivity index (χ2n) is 3.55. The number of carbonyl (C=O) groups is 1. The van der Waals surface area contributed by atoms with Crippen LogP contribution in [0.25, 0.3) is 10.8 Å². The molecule has 2 rings (SSSR count). The zero-order valence-corrected chi connectivity index (χ0v) is 9.24. The molecule has 0 aliphatic carbocycles. The summed E-state index contributed by atoms with van der Waals surface area (Å²) in [6.07, 6.45) is 0. The summed E-state index contributed by atoms with van der Waals surface area (Å²) in [5.74, 6) is -1.15. The minimum atomic E-state index is -0.587. The van der Waals surface area contributed by atoms with Crippen molar-refractivity contribution >= 4 is 16.7 Å². The summed E-state index contributed by atoms with van der Waals surface area (Å²) in [6.45, 7) is 1.92. The molecule has 0 aromatic heterocycles. The predicted octanol–water partition coefficient (Wildman–Crippen LogP) is 2.86. The number of esters is 1. The van der Waals surface area contributed by atoms with Crippen LogP contribution in [-0.4, -0.2) is 17.7 Å². The minimum absolute atomic E-state index is 0.0889. The number of fused-ring (bicyclic) bond motifs is 1. The van der Waals surface area contributed by atoms with Crippen molar-refractivity contribution in [1.29, 1.82) is 0 Å². The molecule has 0 fully saturated rings. The maximum absolute atomic E-state index is 13.0. The van der Waals surface area contributed by atoms with Gasteiger partial charge in [0.2, 0.25) is 0 Å². The van der Waals surface area contributed by atoms with Crippen LogP contribution in [-0.2, 0) is 4.74 Å². The molecular weight excluding hydrogens is 223 g/mol. The molecule has 2 aromatic carbocycles. The fraction of sp³-hybridized carbons (Fsp3) is 0.154. The van der Waals surface area contributed by atoms with Gasteiger partial charge in [0.1, 0.15) is 17.1 Å². The van der Waals surface area contributed by atoms with E-state index in [0.29, 0.717) is 10.8 Å². The predicted molar refractivity (Wildman–Crippen MR) is 61.5 cm³/mol. The molecule has 2 aromatic rings. The smallest absolute Gasteiger partial charge is 0.341 e. The Morgan fingerprint density at radius 3 is 2.82 bits per heavy atom. The summed E-state index contributed by atoms with van der Waals surface area (Å²) in [5.41, 5.74) is 0.0889. The summed E-state index contributed by atoms with van der Waals surface area (Å²) in [4.78, 5) is 11.5. The third-order valence-electron chi connectivity index (χ3n) is 2.45. The van der Waals surface area contributed by atoms with Gasteiger partial charge < -0.3 is 9.84 Å². The molecule has 0 bridgehead atoms. The Morgan fingerprint density at radius 1 is 1.35 bits per heavy atom. The zero-order valence-electron chi connectivity index (χ0n) is 9.24. The Hall–Kier alpha value is -2.10. The van der Waals surface area contributed by atoms with Crippen molar-refractivity contribution in [3.63, 3.8) is 0 Å². The third kappa shape index (κ3) is 2.06. The van der Waals surface area contributed by atoms with Crippen LogP contribution in [0.3, 0.4) is 0 Å². The summed E-state index contributed by atoms with van der Waals surface area (Å²) >= 11 is 0. The van der Waals surface area contributed by atoms with E-state index >= 15 is 0 Å². The minimum Gasteiger partial charge on any atom is -0.506 e. The van der Waals surface area contributed by atoms with Crippen LogP contribution in [0.5, 0.6) is 5.75 Å². The molecule has 0 saturated carbocycles. The van der Waals surface area contributed by atoms with Crippen molar-refractivity contribution in [2.24, 2.45) is 0 Å².